The molecule has 3 heteroatoms. The second kappa shape index (κ2) is 7.42. The Kier molecular flexibility index (Phi) is 5.56. The van der Waals surface area contributed by atoms with Crippen molar-refractivity contribution in [1.82, 2.24) is 4.90 Å². The molecule has 0 bridgehead atoms. The van der Waals surface area contributed by atoms with E-state index in [2.05, 4.69) is 12.1 Å². The minimum absolute atomic E-state index is 0.0296. The van der Waals surface area contributed by atoms with Crippen LogP contribution in [0.15, 0.2) is 54.6 Å². The molecule has 0 aliphatic heterocycles. The van der Waals surface area contributed by atoms with Crippen LogP contribution in [-0.4, -0.2) is 34.6 Å². The van der Waals surface area contributed by atoms with Crippen molar-refractivity contribution in [1.29, 1.82) is 0 Å². The highest BCUT2D eigenvalue weighted by atomic mass is 16.3. The number of aryl methyl sites for hydroxylation is 1. The summed E-state index contributed by atoms with van der Waals surface area (Å²) in [6.07, 6.45) is 0.742. The number of benzene rings is 2. The third-order valence-electron chi connectivity index (χ3n) is 4.15. The summed E-state index contributed by atoms with van der Waals surface area (Å²) in [5.74, 6) is -0.0296. The highest BCUT2D eigenvalue weighted by Gasteiger charge is 2.31. The van der Waals surface area contributed by atoms with Gasteiger partial charge in [0.05, 0.1) is 6.61 Å². The normalized spacial score (nSPS) is 11.3. The first-order valence-corrected chi connectivity index (χ1v) is 7.98. The first-order chi connectivity index (χ1) is 11.0. The molecule has 0 aliphatic rings. The molecule has 2 aromatic carbocycles. The summed E-state index contributed by atoms with van der Waals surface area (Å²) < 4.78 is 0. The van der Waals surface area contributed by atoms with E-state index in [0.717, 1.165) is 12.0 Å². The summed E-state index contributed by atoms with van der Waals surface area (Å²) in [7, 11) is 0. The molecule has 0 saturated heterocycles. The fourth-order valence-electron chi connectivity index (χ4n) is 2.93. The molecule has 3 nitrogen and oxygen atoms in total. The third-order valence-corrected chi connectivity index (χ3v) is 4.15. The third kappa shape index (κ3) is 4.20. The van der Waals surface area contributed by atoms with E-state index in [1.807, 2.05) is 63.2 Å². The summed E-state index contributed by atoms with van der Waals surface area (Å²) in [5.41, 5.74) is 2.44. The van der Waals surface area contributed by atoms with Gasteiger partial charge in [-0.3, -0.25) is 4.79 Å². The summed E-state index contributed by atoms with van der Waals surface area (Å²) in [4.78, 5) is 14.8. The van der Waals surface area contributed by atoms with Crippen LogP contribution >= 0.6 is 0 Å². The van der Waals surface area contributed by atoms with Gasteiger partial charge in [0.2, 0.25) is 0 Å². The monoisotopic (exact) mass is 311 g/mol. The van der Waals surface area contributed by atoms with Gasteiger partial charge in [0.15, 0.2) is 0 Å². The number of hydrogen-bond donors (Lipinski definition) is 1. The summed E-state index contributed by atoms with van der Waals surface area (Å²) in [6, 6.07) is 17.7. The summed E-state index contributed by atoms with van der Waals surface area (Å²) >= 11 is 0. The topological polar surface area (TPSA) is 40.5 Å². The lowest BCUT2D eigenvalue weighted by atomic mass is 9.91. The van der Waals surface area contributed by atoms with Crippen LogP contribution in [0.5, 0.6) is 0 Å². The van der Waals surface area contributed by atoms with Gasteiger partial charge in [-0.15, -0.1) is 0 Å². The molecule has 1 N–H and O–H groups in total. The SMILES string of the molecule is Cc1ccccc1C(=O)N(CCO)C(C)(C)Cc1ccccc1. The highest BCUT2D eigenvalue weighted by Crippen LogP contribution is 2.23. The number of carbonyl (C=O) groups is 1. The van der Waals surface area contributed by atoms with E-state index in [-0.39, 0.29) is 18.1 Å². The van der Waals surface area contributed by atoms with Gasteiger partial charge >= 0.3 is 0 Å². The lowest BCUT2D eigenvalue weighted by Gasteiger charge is -2.39. The van der Waals surface area contributed by atoms with Gasteiger partial charge in [0, 0.05) is 17.6 Å². The lowest BCUT2D eigenvalue weighted by Crippen LogP contribution is -2.50. The van der Waals surface area contributed by atoms with Gasteiger partial charge in [-0.05, 0) is 44.4 Å². The molecule has 0 fully saturated rings. The lowest BCUT2D eigenvalue weighted by molar-refractivity contribution is 0.0488. The molecule has 2 rings (SSSR count). The maximum Gasteiger partial charge on any atom is 0.254 e. The second-order valence-corrected chi connectivity index (χ2v) is 6.47. The van der Waals surface area contributed by atoms with E-state index < -0.39 is 0 Å². The molecule has 0 spiro atoms. The Morgan fingerprint density at radius 2 is 1.65 bits per heavy atom. The van der Waals surface area contributed by atoms with E-state index in [4.69, 9.17) is 0 Å². The van der Waals surface area contributed by atoms with Crippen molar-refractivity contribution < 1.29 is 9.90 Å². The molecule has 23 heavy (non-hydrogen) atoms. The van der Waals surface area contributed by atoms with Crippen LogP contribution in [0.25, 0.3) is 0 Å². The van der Waals surface area contributed by atoms with Crippen LogP contribution in [0.2, 0.25) is 0 Å². The van der Waals surface area contributed by atoms with Crippen molar-refractivity contribution in [2.45, 2.75) is 32.7 Å². The highest BCUT2D eigenvalue weighted by molar-refractivity contribution is 5.96. The minimum Gasteiger partial charge on any atom is -0.395 e. The van der Waals surface area contributed by atoms with Gasteiger partial charge in [-0.2, -0.15) is 0 Å². The Hall–Kier alpha value is -2.13. The standard InChI is InChI=1S/C20H25NO2/c1-16-9-7-8-12-18(16)19(23)21(13-14-22)20(2,3)15-17-10-5-4-6-11-17/h4-12,22H,13-15H2,1-3H3. The number of amides is 1. The number of nitrogens with zero attached hydrogens (tertiary/aromatic N) is 1. The molecule has 2 aromatic rings. The molecule has 0 atom stereocenters. The Labute approximate surface area is 138 Å². The van der Waals surface area contributed by atoms with Gasteiger partial charge < -0.3 is 10.0 Å². The first-order valence-electron chi connectivity index (χ1n) is 7.98. The molecule has 0 radical (unpaired) electrons. The Bertz CT molecular complexity index is 650. The first kappa shape index (κ1) is 17.2. The van der Waals surface area contributed by atoms with Crippen LogP contribution in [0.1, 0.15) is 35.3 Å². The van der Waals surface area contributed by atoms with Crippen LogP contribution in [-0.2, 0) is 6.42 Å². The van der Waals surface area contributed by atoms with Crippen LogP contribution in [0.3, 0.4) is 0 Å². The molecule has 0 aromatic heterocycles. The van der Waals surface area contributed by atoms with E-state index in [9.17, 15) is 9.90 Å². The smallest absolute Gasteiger partial charge is 0.254 e. The largest absolute Gasteiger partial charge is 0.395 e. The number of β-amino-alcohol motifs (C(OH)–C–C–N with tert-alkyl or cyclic N) is 1. The molecular weight excluding hydrogens is 286 g/mol. The van der Waals surface area contributed by atoms with Crippen molar-refractivity contribution in [3.8, 4) is 0 Å². The minimum atomic E-state index is -0.385. The van der Waals surface area contributed by atoms with Crippen LogP contribution < -0.4 is 0 Å². The zero-order valence-electron chi connectivity index (χ0n) is 14.1. The number of rotatable bonds is 6. The predicted molar refractivity (Wildman–Crippen MR) is 93.5 cm³/mol. The van der Waals surface area contributed by atoms with Gasteiger partial charge in [-0.1, -0.05) is 48.5 Å². The summed E-state index contributed by atoms with van der Waals surface area (Å²) in [5, 5.41) is 9.44. The van der Waals surface area contributed by atoms with E-state index in [0.29, 0.717) is 12.1 Å². The number of hydrogen-bond acceptors (Lipinski definition) is 2. The molecule has 122 valence electrons. The Balaban J connectivity index is 2.29. The molecular formula is C20H25NO2. The number of carbonyl (C=O) groups excluding carboxylic acids is 1. The predicted octanol–water partition coefficient (Wildman–Crippen LogP) is 3.45. The van der Waals surface area contributed by atoms with Crippen molar-refractivity contribution in [3.63, 3.8) is 0 Å². The molecule has 1 amide bonds. The molecule has 0 heterocycles. The fraction of sp³-hybridized carbons (Fsp3) is 0.350. The maximum absolute atomic E-state index is 13.0. The Morgan fingerprint density at radius 3 is 2.26 bits per heavy atom. The van der Waals surface area contributed by atoms with Crippen molar-refractivity contribution in [2.24, 2.45) is 0 Å². The molecule has 0 saturated carbocycles. The van der Waals surface area contributed by atoms with Gasteiger partial charge in [0.1, 0.15) is 0 Å². The number of aliphatic hydroxyl groups is 1. The fourth-order valence-corrected chi connectivity index (χ4v) is 2.93. The maximum atomic E-state index is 13.0. The van der Waals surface area contributed by atoms with Crippen molar-refractivity contribution in [3.05, 3.63) is 71.3 Å². The van der Waals surface area contributed by atoms with Crippen LogP contribution in [0.4, 0.5) is 0 Å². The number of aliphatic hydroxyl groups excluding tert-OH is 1. The van der Waals surface area contributed by atoms with Crippen LogP contribution in [0, 0.1) is 6.92 Å². The zero-order chi connectivity index (χ0) is 16.9. The molecule has 0 aliphatic carbocycles. The summed E-state index contributed by atoms with van der Waals surface area (Å²) in [6.45, 7) is 6.31. The van der Waals surface area contributed by atoms with Crippen molar-refractivity contribution >= 4 is 5.91 Å². The Morgan fingerprint density at radius 1 is 1.04 bits per heavy atom. The average molecular weight is 311 g/mol. The van der Waals surface area contributed by atoms with E-state index >= 15 is 0 Å². The van der Waals surface area contributed by atoms with E-state index in [1.165, 1.54) is 5.56 Å². The zero-order valence-corrected chi connectivity index (χ0v) is 14.1. The van der Waals surface area contributed by atoms with Gasteiger partial charge in [-0.25, -0.2) is 0 Å². The quantitative estimate of drug-likeness (QED) is 0.887. The van der Waals surface area contributed by atoms with Crippen molar-refractivity contribution in [2.75, 3.05) is 13.2 Å². The average Bonchev–Trinajstić information content (AvgIpc) is 2.53. The van der Waals surface area contributed by atoms with Gasteiger partial charge in [0.25, 0.3) is 5.91 Å². The molecule has 0 unspecified atom stereocenters. The van der Waals surface area contributed by atoms with E-state index in [1.54, 1.807) is 4.90 Å². The second-order valence-electron chi connectivity index (χ2n) is 6.47.